The summed E-state index contributed by atoms with van der Waals surface area (Å²) in [6.45, 7) is 10.6. The largest absolute Gasteiger partial charge is 0.381 e. The van der Waals surface area contributed by atoms with Gasteiger partial charge in [-0.3, -0.25) is 9.89 Å². The Kier molecular flexibility index (Phi) is 10.9. The highest BCUT2D eigenvalue weighted by atomic mass is 16.5. The Labute approximate surface area is 170 Å². The summed E-state index contributed by atoms with van der Waals surface area (Å²) in [5, 5.41) is 6.90. The summed E-state index contributed by atoms with van der Waals surface area (Å²) >= 11 is 0. The van der Waals surface area contributed by atoms with E-state index in [2.05, 4.69) is 64.7 Å². The van der Waals surface area contributed by atoms with Gasteiger partial charge in [-0.15, -0.1) is 0 Å². The molecule has 0 spiro atoms. The number of ether oxygens (including phenoxy) is 2. The van der Waals surface area contributed by atoms with Crippen LogP contribution < -0.4 is 10.6 Å². The molecule has 158 valence electrons. The van der Waals surface area contributed by atoms with Crippen LogP contribution in [0.5, 0.6) is 0 Å². The molecule has 2 rings (SSSR count). The summed E-state index contributed by atoms with van der Waals surface area (Å²) in [4.78, 5) is 6.84. The van der Waals surface area contributed by atoms with E-state index in [1.54, 1.807) is 0 Å². The van der Waals surface area contributed by atoms with E-state index >= 15 is 0 Å². The first-order valence-corrected chi connectivity index (χ1v) is 10.7. The molecular formula is C22H38N4O2. The van der Waals surface area contributed by atoms with E-state index < -0.39 is 0 Å². The van der Waals surface area contributed by atoms with Crippen molar-refractivity contribution in [3.63, 3.8) is 0 Å². The first-order valence-electron chi connectivity index (χ1n) is 10.7. The van der Waals surface area contributed by atoms with Gasteiger partial charge >= 0.3 is 0 Å². The molecule has 28 heavy (non-hydrogen) atoms. The Morgan fingerprint density at radius 3 is 2.54 bits per heavy atom. The molecule has 6 heteroatoms. The van der Waals surface area contributed by atoms with Gasteiger partial charge in [0.15, 0.2) is 5.96 Å². The maximum absolute atomic E-state index is 5.93. The summed E-state index contributed by atoms with van der Waals surface area (Å²) in [5.74, 6) is 0.846. The van der Waals surface area contributed by atoms with Crippen molar-refractivity contribution in [1.82, 2.24) is 15.5 Å². The fraction of sp³-hybridized carbons (Fsp3) is 0.682. The summed E-state index contributed by atoms with van der Waals surface area (Å²) in [6, 6.07) is 11.0. The molecule has 0 amide bonds. The molecule has 6 nitrogen and oxygen atoms in total. The van der Waals surface area contributed by atoms with Gasteiger partial charge in [-0.25, -0.2) is 0 Å². The molecule has 0 aromatic heterocycles. The van der Waals surface area contributed by atoms with Gasteiger partial charge in [-0.05, 0) is 37.9 Å². The summed E-state index contributed by atoms with van der Waals surface area (Å²) in [7, 11) is 1.82. The van der Waals surface area contributed by atoms with Crippen molar-refractivity contribution in [1.29, 1.82) is 0 Å². The van der Waals surface area contributed by atoms with Gasteiger partial charge in [-0.2, -0.15) is 0 Å². The van der Waals surface area contributed by atoms with E-state index in [0.717, 1.165) is 71.2 Å². The smallest absolute Gasteiger partial charge is 0.191 e. The number of guanidine groups is 1. The Hall–Kier alpha value is -1.63. The predicted octanol–water partition coefficient (Wildman–Crippen LogP) is 2.82. The van der Waals surface area contributed by atoms with Crippen LogP contribution in [0, 0.1) is 0 Å². The Morgan fingerprint density at radius 2 is 1.89 bits per heavy atom. The molecule has 1 aromatic rings. The van der Waals surface area contributed by atoms with Crippen LogP contribution in [0.4, 0.5) is 0 Å². The van der Waals surface area contributed by atoms with Crippen LogP contribution >= 0.6 is 0 Å². The van der Waals surface area contributed by atoms with Crippen LogP contribution in [0.1, 0.15) is 44.7 Å². The molecule has 1 unspecified atom stereocenters. The van der Waals surface area contributed by atoms with Gasteiger partial charge in [0, 0.05) is 40.0 Å². The minimum Gasteiger partial charge on any atom is -0.381 e. The van der Waals surface area contributed by atoms with Gasteiger partial charge in [0.05, 0.1) is 12.1 Å². The van der Waals surface area contributed by atoms with Gasteiger partial charge in [-0.1, -0.05) is 44.2 Å². The Morgan fingerprint density at radius 1 is 1.18 bits per heavy atom. The van der Waals surface area contributed by atoms with Gasteiger partial charge < -0.3 is 20.1 Å². The van der Waals surface area contributed by atoms with Gasteiger partial charge in [0.2, 0.25) is 0 Å². The lowest BCUT2D eigenvalue weighted by molar-refractivity contribution is -0.0320. The Bertz CT molecular complexity index is 543. The van der Waals surface area contributed by atoms with Crippen LogP contribution in [0.15, 0.2) is 35.3 Å². The molecule has 1 aliphatic rings. The zero-order valence-electron chi connectivity index (χ0n) is 17.8. The topological polar surface area (TPSA) is 58.1 Å². The molecule has 0 radical (unpaired) electrons. The van der Waals surface area contributed by atoms with E-state index in [4.69, 9.17) is 9.47 Å². The van der Waals surface area contributed by atoms with Gasteiger partial charge in [0.25, 0.3) is 0 Å². The van der Waals surface area contributed by atoms with E-state index in [0.29, 0.717) is 12.1 Å². The normalized spacial score (nSPS) is 16.9. The number of benzene rings is 1. The molecule has 1 heterocycles. The van der Waals surface area contributed by atoms with Crippen molar-refractivity contribution in [2.75, 3.05) is 53.0 Å². The molecule has 1 atom stereocenters. The first-order chi connectivity index (χ1) is 13.8. The quantitative estimate of drug-likeness (QED) is 0.346. The number of rotatable bonds is 11. The average molecular weight is 391 g/mol. The second-order valence-corrected chi connectivity index (χ2v) is 7.06. The maximum Gasteiger partial charge on any atom is 0.191 e. The van der Waals surface area contributed by atoms with Crippen molar-refractivity contribution in [3.05, 3.63) is 35.9 Å². The Balaban J connectivity index is 1.74. The third kappa shape index (κ3) is 7.78. The molecule has 1 fully saturated rings. The number of hydrogen-bond acceptors (Lipinski definition) is 4. The predicted molar refractivity (Wildman–Crippen MR) is 116 cm³/mol. The monoisotopic (exact) mass is 390 g/mol. The van der Waals surface area contributed by atoms with Crippen LogP contribution in [0.25, 0.3) is 0 Å². The highest BCUT2D eigenvalue weighted by molar-refractivity contribution is 5.79. The van der Waals surface area contributed by atoms with E-state index in [1.807, 2.05) is 7.05 Å². The first kappa shape index (κ1) is 22.7. The second-order valence-electron chi connectivity index (χ2n) is 7.06. The van der Waals surface area contributed by atoms with Crippen LogP contribution in [-0.4, -0.2) is 70.0 Å². The zero-order chi connectivity index (χ0) is 20.0. The minimum absolute atomic E-state index is 0.326. The summed E-state index contributed by atoms with van der Waals surface area (Å²) < 4.78 is 11.3. The summed E-state index contributed by atoms with van der Waals surface area (Å²) in [6.07, 6.45) is 3.37. The second kappa shape index (κ2) is 13.5. The third-order valence-electron chi connectivity index (χ3n) is 5.26. The highest BCUT2D eigenvalue weighted by Gasteiger charge is 2.18. The maximum atomic E-state index is 5.93. The number of nitrogens with one attached hydrogen (secondary N) is 2. The molecule has 2 N–H and O–H groups in total. The van der Waals surface area contributed by atoms with Gasteiger partial charge in [0.1, 0.15) is 0 Å². The molecule has 0 bridgehead atoms. The number of aliphatic imine (C=N–C) groups is 1. The fourth-order valence-electron chi connectivity index (χ4n) is 3.58. The van der Waals surface area contributed by atoms with Crippen molar-refractivity contribution in [3.8, 4) is 0 Å². The number of hydrogen-bond donors (Lipinski definition) is 2. The van der Waals surface area contributed by atoms with Crippen molar-refractivity contribution >= 4 is 5.96 Å². The van der Waals surface area contributed by atoms with E-state index in [9.17, 15) is 0 Å². The third-order valence-corrected chi connectivity index (χ3v) is 5.26. The number of nitrogens with zero attached hydrogens (tertiary/aromatic N) is 2. The van der Waals surface area contributed by atoms with Crippen LogP contribution in [0.2, 0.25) is 0 Å². The average Bonchev–Trinajstić information content (AvgIpc) is 2.76. The lowest BCUT2D eigenvalue weighted by Crippen LogP contribution is -2.43. The molecule has 1 aliphatic heterocycles. The van der Waals surface area contributed by atoms with Crippen molar-refractivity contribution in [2.45, 2.75) is 45.3 Å². The van der Waals surface area contributed by atoms with Crippen LogP contribution in [-0.2, 0) is 9.47 Å². The van der Waals surface area contributed by atoms with Crippen molar-refractivity contribution < 1.29 is 9.47 Å². The lowest BCUT2D eigenvalue weighted by Gasteiger charge is -2.30. The molecule has 1 aromatic carbocycles. The minimum atomic E-state index is 0.326. The standard InChI is InChI=1S/C22H38N4O2/c1-4-26(5-2)21(19-10-7-6-8-11-19)18-25-22(23-3)24-14-9-15-28-20-12-16-27-17-13-20/h6-8,10-11,20-21H,4-5,9,12-18H2,1-3H3,(H2,23,24,25). The highest BCUT2D eigenvalue weighted by Crippen LogP contribution is 2.19. The molecule has 0 saturated carbocycles. The molecule has 0 aliphatic carbocycles. The lowest BCUT2D eigenvalue weighted by atomic mass is 10.1. The van der Waals surface area contributed by atoms with Crippen LogP contribution in [0.3, 0.4) is 0 Å². The summed E-state index contributed by atoms with van der Waals surface area (Å²) in [5.41, 5.74) is 1.33. The van der Waals surface area contributed by atoms with E-state index in [1.165, 1.54) is 5.56 Å². The molecule has 1 saturated heterocycles. The SMILES string of the molecule is CCN(CC)C(CNC(=NC)NCCCOC1CCOCC1)c1ccccc1. The zero-order valence-corrected chi connectivity index (χ0v) is 17.8. The number of likely N-dealkylation sites (N-methyl/N-ethyl adjacent to an activating group) is 1. The van der Waals surface area contributed by atoms with E-state index in [-0.39, 0.29) is 0 Å². The molecular weight excluding hydrogens is 352 g/mol. The fourth-order valence-corrected chi connectivity index (χ4v) is 3.58. The van der Waals surface area contributed by atoms with Crippen molar-refractivity contribution in [2.24, 2.45) is 4.99 Å².